The van der Waals surface area contributed by atoms with Gasteiger partial charge in [-0.15, -0.1) is 0 Å². The number of carbonyl (C=O) groups excluding carboxylic acids is 1. The molecule has 2 N–H and O–H groups in total. The first-order valence-electron chi connectivity index (χ1n) is 6.42. The van der Waals surface area contributed by atoms with E-state index in [2.05, 4.69) is 5.32 Å². The third-order valence-electron chi connectivity index (χ3n) is 2.89. The topological polar surface area (TPSA) is 69.6 Å². The van der Waals surface area contributed by atoms with Gasteiger partial charge in [-0.05, 0) is 36.1 Å². The average molecular weight is 314 g/mol. The van der Waals surface area contributed by atoms with Crippen LogP contribution in [0.2, 0.25) is 0 Å². The highest BCUT2D eigenvalue weighted by atomic mass is 32.2. The van der Waals surface area contributed by atoms with Gasteiger partial charge in [0.05, 0.1) is 0 Å². The Hall–Kier alpha value is -1.76. The first kappa shape index (κ1) is 17.3. The highest BCUT2D eigenvalue weighted by molar-refractivity contribution is 7.98. The molecule has 0 saturated heterocycles. The van der Waals surface area contributed by atoms with Gasteiger partial charge in [0.1, 0.15) is 11.9 Å². The molecule has 0 bridgehead atoms. The Bertz CT molecular complexity index is 482. The molecule has 1 atom stereocenters. The van der Waals surface area contributed by atoms with Crippen LogP contribution >= 0.6 is 11.8 Å². The lowest BCUT2D eigenvalue weighted by Gasteiger charge is -2.21. The maximum Gasteiger partial charge on any atom is 0.326 e. The minimum absolute atomic E-state index is 0.279. The summed E-state index contributed by atoms with van der Waals surface area (Å²) in [6.45, 7) is 0.279. The van der Waals surface area contributed by atoms with Gasteiger partial charge in [-0.3, -0.25) is 0 Å². The summed E-state index contributed by atoms with van der Waals surface area (Å²) in [5, 5.41) is 11.5. The van der Waals surface area contributed by atoms with Crippen molar-refractivity contribution in [1.29, 1.82) is 0 Å². The first-order valence-corrected chi connectivity index (χ1v) is 7.81. The zero-order valence-electron chi connectivity index (χ0n) is 12.0. The molecule has 0 heterocycles. The predicted molar refractivity (Wildman–Crippen MR) is 80.8 cm³/mol. The summed E-state index contributed by atoms with van der Waals surface area (Å²) in [5.41, 5.74) is 0.769. The fourth-order valence-electron chi connectivity index (χ4n) is 1.69. The molecule has 1 rings (SSSR count). The van der Waals surface area contributed by atoms with Crippen LogP contribution in [-0.2, 0) is 11.3 Å². The van der Waals surface area contributed by atoms with Gasteiger partial charge in [-0.1, -0.05) is 12.1 Å². The predicted octanol–water partition coefficient (Wildman–Crippen LogP) is 2.17. The van der Waals surface area contributed by atoms with Crippen LogP contribution in [0.1, 0.15) is 12.0 Å². The third kappa shape index (κ3) is 6.03. The van der Waals surface area contributed by atoms with Crippen molar-refractivity contribution in [3.05, 3.63) is 35.6 Å². The van der Waals surface area contributed by atoms with Crippen LogP contribution in [0.4, 0.5) is 9.18 Å². The molecule has 5 nitrogen and oxygen atoms in total. The molecule has 1 aromatic rings. The molecule has 1 aromatic carbocycles. The maximum atomic E-state index is 12.8. The van der Waals surface area contributed by atoms with Gasteiger partial charge < -0.3 is 15.3 Å². The van der Waals surface area contributed by atoms with E-state index in [1.807, 2.05) is 6.26 Å². The molecule has 116 valence electrons. The Kier molecular flexibility index (Phi) is 7.01. The number of benzene rings is 1. The molecular weight excluding hydrogens is 295 g/mol. The summed E-state index contributed by atoms with van der Waals surface area (Å²) in [7, 11) is 1.56. The molecule has 0 saturated carbocycles. The Morgan fingerprint density at radius 2 is 2.00 bits per heavy atom. The third-order valence-corrected chi connectivity index (χ3v) is 3.53. The quantitative estimate of drug-likeness (QED) is 0.809. The zero-order valence-corrected chi connectivity index (χ0v) is 12.8. The van der Waals surface area contributed by atoms with Crippen molar-refractivity contribution in [2.75, 3.05) is 19.1 Å². The number of hydrogen-bond acceptors (Lipinski definition) is 3. The summed E-state index contributed by atoms with van der Waals surface area (Å²) in [4.78, 5) is 24.4. The molecule has 0 radical (unpaired) electrons. The van der Waals surface area contributed by atoms with Crippen LogP contribution in [0.25, 0.3) is 0 Å². The van der Waals surface area contributed by atoms with Crippen molar-refractivity contribution in [2.24, 2.45) is 0 Å². The number of halogens is 1. The minimum atomic E-state index is -1.05. The van der Waals surface area contributed by atoms with Crippen LogP contribution < -0.4 is 5.32 Å². The van der Waals surface area contributed by atoms with E-state index in [0.717, 1.165) is 5.56 Å². The van der Waals surface area contributed by atoms with E-state index in [-0.39, 0.29) is 12.4 Å². The highest BCUT2D eigenvalue weighted by Crippen LogP contribution is 2.07. The van der Waals surface area contributed by atoms with Gasteiger partial charge in [0.25, 0.3) is 0 Å². The second-order valence-corrected chi connectivity index (χ2v) is 5.59. The second kappa shape index (κ2) is 8.51. The number of thioether (sulfide) groups is 1. The summed E-state index contributed by atoms with van der Waals surface area (Å²) < 4.78 is 12.8. The van der Waals surface area contributed by atoms with Crippen LogP contribution in [0, 0.1) is 5.82 Å². The van der Waals surface area contributed by atoms with Crippen LogP contribution in [-0.4, -0.2) is 47.1 Å². The molecule has 0 unspecified atom stereocenters. The number of aliphatic carboxylic acids is 1. The van der Waals surface area contributed by atoms with Crippen molar-refractivity contribution in [3.63, 3.8) is 0 Å². The number of nitrogens with zero attached hydrogens (tertiary/aromatic N) is 1. The van der Waals surface area contributed by atoms with E-state index in [1.54, 1.807) is 19.2 Å². The fraction of sp³-hybridized carbons (Fsp3) is 0.429. The van der Waals surface area contributed by atoms with Crippen molar-refractivity contribution in [3.8, 4) is 0 Å². The standard InChI is InChI=1S/C14H19FN2O3S/c1-17(9-10-3-5-11(15)6-4-10)14(20)16-12(13(18)19)7-8-21-2/h3-6,12H,7-9H2,1-2H3,(H,16,20)(H,18,19)/t12-/m0/s1. The van der Waals surface area contributed by atoms with Gasteiger partial charge in [-0.25, -0.2) is 14.0 Å². The van der Waals surface area contributed by atoms with Gasteiger partial charge in [0.2, 0.25) is 0 Å². The van der Waals surface area contributed by atoms with Gasteiger partial charge in [0, 0.05) is 13.6 Å². The molecule has 0 aromatic heterocycles. The monoisotopic (exact) mass is 314 g/mol. The number of carboxylic acids is 1. The van der Waals surface area contributed by atoms with Crippen molar-refractivity contribution in [1.82, 2.24) is 10.2 Å². The summed E-state index contributed by atoms with van der Waals surface area (Å²) in [6, 6.07) is 4.44. The summed E-state index contributed by atoms with van der Waals surface area (Å²) >= 11 is 1.52. The van der Waals surface area contributed by atoms with E-state index in [4.69, 9.17) is 5.11 Å². The Morgan fingerprint density at radius 3 is 2.52 bits per heavy atom. The largest absolute Gasteiger partial charge is 0.480 e. The summed E-state index contributed by atoms with van der Waals surface area (Å²) in [5.74, 6) is -0.736. The lowest BCUT2D eigenvalue weighted by Crippen LogP contribution is -2.46. The Labute approximate surface area is 127 Å². The average Bonchev–Trinajstić information content (AvgIpc) is 2.45. The van der Waals surface area contributed by atoms with Crippen LogP contribution in [0.15, 0.2) is 24.3 Å². The van der Waals surface area contributed by atoms with E-state index < -0.39 is 18.0 Å². The van der Waals surface area contributed by atoms with Crippen molar-refractivity contribution in [2.45, 2.75) is 19.0 Å². The number of nitrogens with one attached hydrogen (secondary N) is 1. The van der Waals surface area contributed by atoms with Gasteiger partial charge in [0.15, 0.2) is 0 Å². The summed E-state index contributed by atoms with van der Waals surface area (Å²) in [6.07, 6.45) is 2.24. The first-order chi connectivity index (χ1) is 9.93. The van der Waals surface area contributed by atoms with E-state index in [1.165, 1.54) is 28.8 Å². The number of amides is 2. The Balaban J connectivity index is 2.56. The van der Waals surface area contributed by atoms with E-state index >= 15 is 0 Å². The second-order valence-electron chi connectivity index (χ2n) is 4.60. The van der Waals surface area contributed by atoms with Crippen LogP contribution in [0.5, 0.6) is 0 Å². The maximum absolute atomic E-state index is 12.8. The molecular formula is C14H19FN2O3S. The number of hydrogen-bond donors (Lipinski definition) is 2. The van der Waals surface area contributed by atoms with Gasteiger partial charge >= 0.3 is 12.0 Å². The number of carbonyl (C=O) groups is 2. The highest BCUT2D eigenvalue weighted by Gasteiger charge is 2.21. The molecule has 0 aliphatic rings. The number of urea groups is 1. The minimum Gasteiger partial charge on any atom is -0.480 e. The number of rotatable bonds is 7. The van der Waals surface area contributed by atoms with Crippen LogP contribution in [0.3, 0.4) is 0 Å². The molecule has 7 heteroatoms. The van der Waals surface area contributed by atoms with E-state index in [9.17, 15) is 14.0 Å². The zero-order chi connectivity index (χ0) is 15.8. The molecule has 0 fully saturated rings. The smallest absolute Gasteiger partial charge is 0.326 e. The normalized spacial score (nSPS) is 11.8. The molecule has 21 heavy (non-hydrogen) atoms. The lowest BCUT2D eigenvalue weighted by atomic mass is 10.2. The number of carboxylic acid groups (broad SMARTS) is 1. The molecule has 2 amide bonds. The van der Waals surface area contributed by atoms with E-state index in [0.29, 0.717) is 12.2 Å². The molecule has 0 aliphatic carbocycles. The lowest BCUT2D eigenvalue weighted by molar-refractivity contribution is -0.139. The molecule has 0 spiro atoms. The SMILES string of the molecule is CSCC[C@H](NC(=O)N(C)Cc1ccc(F)cc1)C(=O)O. The van der Waals surface area contributed by atoms with Crippen molar-refractivity contribution < 1.29 is 19.1 Å². The fourth-order valence-corrected chi connectivity index (χ4v) is 2.16. The van der Waals surface area contributed by atoms with Gasteiger partial charge in [-0.2, -0.15) is 11.8 Å². The Morgan fingerprint density at radius 1 is 1.38 bits per heavy atom. The van der Waals surface area contributed by atoms with Crippen molar-refractivity contribution >= 4 is 23.8 Å². The molecule has 0 aliphatic heterocycles.